The molecule has 2 atom stereocenters. The number of fused-ring (bicyclic) bond motifs is 2. The lowest BCUT2D eigenvalue weighted by Crippen LogP contribution is -2.53. The van der Waals surface area contributed by atoms with Crippen molar-refractivity contribution in [3.05, 3.63) is 11.6 Å². The number of carbonyl (C=O) groups excluding carboxylic acids is 2. The number of aliphatic hydroxyl groups excluding tert-OH is 1. The number of hydrogen-bond donors (Lipinski definition) is 1. The molecular formula is C15H24N2O5. The quantitative estimate of drug-likeness (QED) is 0.621. The van der Waals surface area contributed by atoms with Crippen LogP contribution in [0.3, 0.4) is 0 Å². The number of nitrogens with zero attached hydrogens (tertiary/aromatic N) is 2. The molecule has 2 amide bonds. The van der Waals surface area contributed by atoms with E-state index < -0.39 is 12.2 Å². The molecule has 0 aromatic carbocycles. The van der Waals surface area contributed by atoms with Crippen molar-refractivity contribution in [1.29, 1.82) is 0 Å². The van der Waals surface area contributed by atoms with E-state index in [0.29, 0.717) is 6.42 Å². The number of hydrogen-bond acceptors (Lipinski definition) is 5. The molecule has 2 bridgehead atoms. The minimum Gasteiger partial charge on any atom is -0.448 e. The maximum atomic E-state index is 12.2. The van der Waals surface area contributed by atoms with Crippen molar-refractivity contribution < 1.29 is 24.2 Å². The highest BCUT2D eigenvalue weighted by Gasteiger charge is 2.53. The van der Waals surface area contributed by atoms with E-state index in [1.54, 1.807) is 13.8 Å². The molecule has 0 aromatic heterocycles. The fourth-order valence-electron chi connectivity index (χ4n) is 3.14. The molecule has 1 saturated heterocycles. The molecule has 2 rings (SSSR count). The number of amides is 2. The molecule has 0 unspecified atom stereocenters. The van der Waals surface area contributed by atoms with Gasteiger partial charge in [-0.05, 0) is 45.1 Å². The van der Waals surface area contributed by atoms with E-state index in [0.717, 1.165) is 24.8 Å². The van der Waals surface area contributed by atoms with Gasteiger partial charge in [0.25, 0.3) is 0 Å². The van der Waals surface area contributed by atoms with Crippen LogP contribution in [-0.4, -0.2) is 59.2 Å². The van der Waals surface area contributed by atoms with Crippen LogP contribution in [0, 0.1) is 0 Å². The van der Waals surface area contributed by atoms with E-state index in [4.69, 9.17) is 14.6 Å². The molecule has 7 nitrogen and oxygen atoms in total. The molecule has 2 aliphatic rings. The summed E-state index contributed by atoms with van der Waals surface area (Å²) in [6.07, 6.45) is 4.01. The summed E-state index contributed by atoms with van der Waals surface area (Å²) in [6, 6.07) is -0.292. The van der Waals surface area contributed by atoms with Crippen LogP contribution in [-0.2, 0) is 9.47 Å². The third kappa shape index (κ3) is 3.04. The highest BCUT2D eigenvalue weighted by atomic mass is 16.6. The number of hydrazine groups is 1. The Morgan fingerprint density at radius 1 is 1.14 bits per heavy atom. The summed E-state index contributed by atoms with van der Waals surface area (Å²) in [5.41, 5.74) is 1.05. The molecule has 1 heterocycles. The maximum Gasteiger partial charge on any atom is 0.429 e. The molecule has 1 aliphatic heterocycles. The van der Waals surface area contributed by atoms with E-state index in [9.17, 15) is 9.59 Å². The minimum atomic E-state index is -0.518. The van der Waals surface area contributed by atoms with Crippen LogP contribution in [0.5, 0.6) is 0 Å². The summed E-state index contributed by atoms with van der Waals surface area (Å²) < 4.78 is 10.2. The van der Waals surface area contributed by atoms with Gasteiger partial charge in [-0.1, -0.05) is 6.08 Å². The van der Waals surface area contributed by atoms with E-state index in [1.165, 1.54) is 10.0 Å². The van der Waals surface area contributed by atoms with Crippen molar-refractivity contribution in [2.24, 2.45) is 0 Å². The predicted octanol–water partition coefficient (Wildman–Crippen LogP) is 2.06. The van der Waals surface area contributed by atoms with Gasteiger partial charge in [0.15, 0.2) is 0 Å². The lowest BCUT2D eigenvalue weighted by atomic mass is 10.1. The molecule has 0 spiro atoms. The molecule has 7 heteroatoms. The van der Waals surface area contributed by atoms with Gasteiger partial charge in [-0.15, -0.1) is 0 Å². The average molecular weight is 312 g/mol. The van der Waals surface area contributed by atoms with Gasteiger partial charge in [0, 0.05) is 6.61 Å². The summed E-state index contributed by atoms with van der Waals surface area (Å²) in [4.78, 5) is 24.4. The number of ether oxygens (including phenoxy) is 2. The Labute approximate surface area is 130 Å². The van der Waals surface area contributed by atoms with Crippen molar-refractivity contribution in [1.82, 2.24) is 10.0 Å². The Bertz CT molecular complexity index is 417. The van der Waals surface area contributed by atoms with Crippen LogP contribution < -0.4 is 0 Å². The number of aliphatic hydroxyl groups is 1. The van der Waals surface area contributed by atoms with Crippen molar-refractivity contribution in [3.8, 4) is 0 Å². The zero-order valence-electron chi connectivity index (χ0n) is 13.2. The van der Waals surface area contributed by atoms with Crippen LogP contribution in [0.4, 0.5) is 9.59 Å². The van der Waals surface area contributed by atoms with Gasteiger partial charge in [0.1, 0.15) is 0 Å². The second-order valence-corrected chi connectivity index (χ2v) is 5.27. The highest BCUT2D eigenvalue weighted by Crippen LogP contribution is 2.43. The Balaban J connectivity index is 2.23. The molecule has 22 heavy (non-hydrogen) atoms. The van der Waals surface area contributed by atoms with Gasteiger partial charge in [-0.25, -0.2) is 19.6 Å². The molecule has 0 radical (unpaired) electrons. The molecule has 0 aromatic rings. The van der Waals surface area contributed by atoms with Crippen LogP contribution in [0.1, 0.15) is 39.5 Å². The Morgan fingerprint density at radius 2 is 1.64 bits per heavy atom. The van der Waals surface area contributed by atoms with Crippen molar-refractivity contribution in [2.45, 2.75) is 51.6 Å². The van der Waals surface area contributed by atoms with Crippen molar-refractivity contribution in [2.75, 3.05) is 19.8 Å². The number of unbranched alkanes of at least 4 members (excludes halogenated alkanes) is 1. The Hall–Kier alpha value is -1.76. The fraction of sp³-hybridized carbons (Fsp3) is 0.733. The van der Waals surface area contributed by atoms with E-state index in [-0.39, 0.29) is 31.9 Å². The predicted molar refractivity (Wildman–Crippen MR) is 78.9 cm³/mol. The SMILES string of the molecule is CCOC(=O)N1[C@@H]2CC[C@@H](C2=CCCCO)N1C(=O)OCC. The van der Waals surface area contributed by atoms with E-state index in [2.05, 4.69) is 0 Å². The molecule has 2 fully saturated rings. The normalized spacial score (nSPS) is 25.0. The van der Waals surface area contributed by atoms with Gasteiger partial charge >= 0.3 is 12.2 Å². The maximum absolute atomic E-state index is 12.2. The molecular weight excluding hydrogens is 288 g/mol. The second kappa shape index (κ2) is 7.49. The zero-order chi connectivity index (χ0) is 16.1. The summed E-state index contributed by atoms with van der Waals surface area (Å²) in [6.45, 7) is 4.11. The smallest absolute Gasteiger partial charge is 0.429 e. The molecule has 124 valence electrons. The van der Waals surface area contributed by atoms with Gasteiger partial charge in [0.2, 0.25) is 0 Å². The van der Waals surface area contributed by atoms with Crippen LogP contribution >= 0.6 is 0 Å². The largest absolute Gasteiger partial charge is 0.448 e. The topological polar surface area (TPSA) is 79.3 Å². The van der Waals surface area contributed by atoms with Crippen LogP contribution in [0.15, 0.2) is 11.6 Å². The fourth-order valence-corrected chi connectivity index (χ4v) is 3.14. The molecule has 1 saturated carbocycles. The Morgan fingerprint density at radius 3 is 2.05 bits per heavy atom. The standard InChI is InChI=1S/C15H24N2O5/c1-3-21-14(19)16-12-8-9-13(11(12)7-5-6-10-18)17(16)15(20)22-4-2/h7,12-13,18H,3-6,8-10H2,1-2H3/t12-,13+. The first kappa shape index (κ1) is 16.6. The first-order valence-electron chi connectivity index (χ1n) is 7.88. The molecule has 1 aliphatic carbocycles. The van der Waals surface area contributed by atoms with Gasteiger partial charge in [0.05, 0.1) is 25.3 Å². The van der Waals surface area contributed by atoms with E-state index >= 15 is 0 Å². The number of allylic oxidation sites excluding steroid dienone is 1. The first-order valence-corrected chi connectivity index (χ1v) is 7.88. The molecule has 1 N–H and O–H groups in total. The first-order chi connectivity index (χ1) is 10.7. The highest BCUT2D eigenvalue weighted by molar-refractivity contribution is 5.77. The average Bonchev–Trinajstić information content (AvgIpc) is 3.03. The second-order valence-electron chi connectivity index (χ2n) is 5.27. The Kier molecular flexibility index (Phi) is 5.65. The van der Waals surface area contributed by atoms with Crippen molar-refractivity contribution >= 4 is 12.2 Å². The monoisotopic (exact) mass is 312 g/mol. The summed E-state index contributed by atoms with van der Waals surface area (Å²) in [5, 5.41) is 11.7. The van der Waals surface area contributed by atoms with Gasteiger partial charge < -0.3 is 14.6 Å². The van der Waals surface area contributed by atoms with Gasteiger partial charge in [-0.2, -0.15) is 0 Å². The zero-order valence-corrected chi connectivity index (χ0v) is 13.2. The van der Waals surface area contributed by atoms with E-state index in [1.807, 2.05) is 6.08 Å². The van der Waals surface area contributed by atoms with Gasteiger partial charge in [-0.3, -0.25) is 0 Å². The minimum absolute atomic E-state index is 0.127. The summed E-state index contributed by atoms with van der Waals surface area (Å²) in [7, 11) is 0. The number of carbonyl (C=O) groups is 2. The summed E-state index contributed by atoms with van der Waals surface area (Å²) in [5.74, 6) is 0. The van der Waals surface area contributed by atoms with Crippen molar-refractivity contribution in [3.63, 3.8) is 0 Å². The lowest BCUT2D eigenvalue weighted by molar-refractivity contribution is -0.0378. The third-order valence-corrected chi connectivity index (χ3v) is 3.96. The number of rotatable bonds is 5. The van der Waals surface area contributed by atoms with Crippen LogP contribution in [0.2, 0.25) is 0 Å². The lowest BCUT2D eigenvalue weighted by Gasteiger charge is -2.35. The van der Waals surface area contributed by atoms with Crippen LogP contribution in [0.25, 0.3) is 0 Å². The third-order valence-electron chi connectivity index (χ3n) is 3.96. The summed E-state index contributed by atoms with van der Waals surface area (Å²) >= 11 is 0.